The maximum atomic E-state index is 12.8. The number of carbonyl (C=O) groups excluding carboxylic acids is 1. The smallest absolute Gasteiger partial charge is 0.248 e. The van der Waals surface area contributed by atoms with Gasteiger partial charge >= 0.3 is 0 Å². The van der Waals surface area contributed by atoms with E-state index in [0.29, 0.717) is 6.61 Å². The Labute approximate surface area is 191 Å². The zero-order valence-corrected chi connectivity index (χ0v) is 19.4. The lowest BCUT2D eigenvalue weighted by atomic mass is 9.94. The van der Waals surface area contributed by atoms with Gasteiger partial charge in [-0.2, -0.15) is 0 Å². The molecule has 6 heteroatoms. The molecule has 1 aliphatic rings. The molecule has 0 saturated heterocycles. The number of nitrogens with zero attached hydrogens (tertiary/aromatic N) is 1. The van der Waals surface area contributed by atoms with Gasteiger partial charge in [-0.25, -0.2) is 4.98 Å². The van der Waals surface area contributed by atoms with Crippen LogP contribution in [0.15, 0.2) is 40.8 Å². The van der Waals surface area contributed by atoms with Crippen molar-refractivity contribution < 1.29 is 13.9 Å². The van der Waals surface area contributed by atoms with Crippen molar-refractivity contribution in [2.75, 3.05) is 11.9 Å². The van der Waals surface area contributed by atoms with Crippen LogP contribution >= 0.6 is 11.3 Å². The first-order valence-corrected chi connectivity index (χ1v) is 11.9. The van der Waals surface area contributed by atoms with Gasteiger partial charge < -0.3 is 14.5 Å². The Hall–Kier alpha value is -3.12. The SMILES string of the molecule is CCOc1cc2oc3c(c2cc1/C(C)=C/C(=O)Nc1ccc2sc(C)nc2c1)CCCC3. The fourth-order valence-corrected chi connectivity index (χ4v) is 5.25. The summed E-state index contributed by atoms with van der Waals surface area (Å²) in [6.07, 6.45) is 6.02. The van der Waals surface area contributed by atoms with E-state index in [4.69, 9.17) is 9.15 Å². The number of anilines is 1. The first-order valence-electron chi connectivity index (χ1n) is 11.1. The standard InChI is InChI=1S/C26H26N2O3S/c1-4-30-23-14-24-20(18-7-5-6-8-22(18)31-24)13-19(23)15(2)11-26(29)28-17-9-10-25-21(12-17)27-16(3)32-25/h9-14H,4-8H2,1-3H3,(H,28,29)/b15-11+. The number of aromatic nitrogens is 1. The van der Waals surface area contributed by atoms with Crippen molar-refractivity contribution in [2.24, 2.45) is 0 Å². The molecule has 0 aliphatic heterocycles. The van der Waals surface area contributed by atoms with Crippen molar-refractivity contribution in [2.45, 2.75) is 46.5 Å². The third kappa shape index (κ3) is 3.91. The zero-order chi connectivity index (χ0) is 22.2. The predicted molar refractivity (Wildman–Crippen MR) is 131 cm³/mol. The fraction of sp³-hybridized carbons (Fsp3) is 0.308. The average Bonchev–Trinajstić information content (AvgIpc) is 3.31. The molecule has 0 saturated carbocycles. The molecule has 2 aromatic carbocycles. The summed E-state index contributed by atoms with van der Waals surface area (Å²) in [5, 5.41) is 5.12. The second-order valence-electron chi connectivity index (χ2n) is 8.22. The second-order valence-corrected chi connectivity index (χ2v) is 9.46. The van der Waals surface area contributed by atoms with Crippen LogP contribution in [0.2, 0.25) is 0 Å². The Balaban J connectivity index is 1.46. The van der Waals surface area contributed by atoms with Crippen LogP contribution in [0.25, 0.3) is 26.8 Å². The molecule has 1 N–H and O–H groups in total. The lowest BCUT2D eigenvalue weighted by Crippen LogP contribution is -2.08. The number of allylic oxidation sites excluding steroid dienone is 1. The van der Waals surface area contributed by atoms with Gasteiger partial charge in [-0.3, -0.25) is 4.79 Å². The summed E-state index contributed by atoms with van der Waals surface area (Å²) in [6, 6.07) is 9.92. The predicted octanol–water partition coefficient (Wildman–Crippen LogP) is 6.67. The molecule has 1 amide bonds. The van der Waals surface area contributed by atoms with Gasteiger partial charge in [-0.05, 0) is 69.9 Å². The fourth-order valence-electron chi connectivity index (χ4n) is 4.45. The molecule has 1 aliphatic carbocycles. The summed E-state index contributed by atoms with van der Waals surface area (Å²) in [6.45, 7) is 6.44. The lowest BCUT2D eigenvalue weighted by molar-refractivity contribution is -0.111. The highest BCUT2D eigenvalue weighted by Gasteiger charge is 2.20. The molecular weight excluding hydrogens is 420 g/mol. The van der Waals surface area contributed by atoms with Crippen molar-refractivity contribution in [3.8, 4) is 5.75 Å². The van der Waals surface area contributed by atoms with Crippen molar-refractivity contribution in [1.29, 1.82) is 0 Å². The van der Waals surface area contributed by atoms with Crippen molar-refractivity contribution in [3.05, 3.63) is 58.3 Å². The molecule has 2 aromatic heterocycles. The lowest BCUT2D eigenvalue weighted by Gasteiger charge is -2.12. The molecule has 5 nitrogen and oxygen atoms in total. The Morgan fingerprint density at radius 3 is 2.94 bits per heavy atom. The largest absolute Gasteiger partial charge is 0.493 e. The minimum absolute atomic E-state index is 0.175. The molecule has 2 heterocycles. The number of benzene rings is 2. The quantitative estimate of drug-likeness (QED) is 0.348. The molecule has 0 bridgehead atoms. The van der Waals surface area contributed by atoms with Gasteiger partial charge in [0, 0.05) is 40.8 Å². The van der Waals surface area contributed by atoms with Crippen molar-refractivity contribution in [3.63, 3.8) is 0 Å². The number of aryl methyl sites for hydroxylation is 3. The number of carbonyl (C=O) groups is 1. The minimum atomic E-state index is -0.175. The van der Waals surface area contributed by atoms with Crippen LogP contribution in [0, 0.1) is 6.92 Å². The Morgan fingerprint density at radius 1 is 1.25 bits per heavy atom. The Bertz CT molecular complexity index is 1360. The molecule has 32 heavy (non-hydrogen) atoms. The number of ether oxygens (including phenoxy) is 1. The summed E-state index contributed by atoms with van der Waals surface area (Å²) in [7, 11) is 0. The Kier molecular flexibility index (Phi) is 5.47. The number of fused-ring (bicyclic) bond motifs is 4. The van der Waals surface area contributed by atoms with E-state index >= 15 is 0 Å². The van der Waals surface area contributed by atoms with E-state index in [-0.39, 0.29) is 5.91 Å². The highest BCUT2D eigenvalue weighted by Crippen LogP contribution is 2.38. The molecule has 164 valence electrons. The van der Waals surface area contributed by atoms with Gasteiger partial charge in [0.25, 0.3) is 0 Å². The summed E-state index contributed by atoms with van der Waals surface area (Å²) in [5.41, 5.74) is 5.59. The number of rotatable bonds is 5. The van der Waals surface area contributed by atoms with Crippen LogP contribution in [-0.2, 0) is 17.6 Å². The second kappa shape index (κ2) is 8.43. The number of amides is 1. The van der Waals surface area contributed by atoms with E-state index in [0.717, 1.165) is 67.4 Å². The van der Waals surface area contributed by atoms with Gasteiger partial charge in [0.1, 0.15) is 17.1 Å². The third-order valence-corrected chi connectivity index (χ3v) is 6.84. The van der Waals surface area contributed by atoms with Gasteiger partial charge in [-0.1, -0.05) is 0 Å². The van der Waals surface area contributed by atoms with Crippen LogP contribution in [0.1, 0.15) is 48.6 Å². The van der Waals surface area contributed by atoms with E-state index in [2.05, 4.69) is 16.4 Å². The molecular formula is C26H26N2O3S. The van der Waals surface area contributed by atoms with E-state index in [1.807, 2.05) is 45.0 Å². The molecule has 0 fully saturated rings. The Morgan fingerprint density at radius 2 is 2.09 bits per heavy atom. The van der Waals surface area contributed by atoms with E-state index in [1.54, 1.807) is 17.4 Å². The molecule has 0 unspecified atom stereocenters. The van der Waals surface area contributed by atoms with Gasteiger partial charge in [0.2, 0.25) is 5.91 Å². The number of nitrogens with one attached hydrogen (secondary N) is 1. The first-order chi connectivity index (χ1) is 15.5. The van der Waals surface area contributed by atoms with Gasteiger partial charge in [0.05, 0.1) is 21.8 Å². The maximum absolute atomic E-state index is 12.8. The topological polar surface area (TPSA) is 64.4 Å². The van der Waals surface area contributed by atoms with Crippen LogP contribution < -0.4 is 10.1 Å². The zero-order valence-electron chi connectivity index (χ0n) is 18.6. The van der Waals surface area contributed by atoms with Crippen LogP contribution in [0.3, 0.4) is 0 Å². The average molecular weight is 447 g/mol. The van der Waals surface area contributed by atoms with Gasteiger partial charge in [-0.15, -0.1) is 11.3 Å². The summed E-state index contributed by atoms with van der Waals surface area (Å²) in [5.74, 6) is 1.66. The third-order valence-electron chi connectivity index (χ3n) is 5.89. The van der Waals surface area contributed by atoms with E-state index in [9.17, 15) is 4.79 Å². The van der Waals surface area contributed by atoms with Crippen LogP contribution in [-0.4, -0.2) is 17.5 Å². The number of thiazole rings is 1. The number of hydrogen-bond acceptors (Lipinski definition) is 5. The van der Waals surface area contributed by atoms with E-state index in [1.165, 1.54) is 18.4 Å². The van der Waals surface area contributed by atoms with Crippen molar-refractivity contribution in [1.82, 2.24) is 4.98 Å². The van der Waals surface area contributed by atoms with Crippen LogP contribution in [0.5, 0.6) is 5.75 Å². The van der Waals surface area contributed by atoms with Crippen LogP contribution in [0.4, 0.5) is 5.69 Å². The molecule has 0 atom stereocenters. The summed E-state index contributed by atoms with van der Waals surface area (Å²) >= 11 is 1.65. The number of hydrogen-bond donors (Lipinski definition) is 1. The van der Waals surface area contributed by atoms with Gasteiger partial charge in [0.15, 0.2) is 0 Å². The molecule has 0 radical (unpaired) electrons. The first kappa shape index (κ1) is 20.8. The number of furan rings is 1. The highest BCUT2D eigenvalue weighted by molar-refractivity contribution is 7.18. The molecule has 4 aromatic rings. The van der Waals surface area contributed by atoms with E-state index < -0.39 is 0 Å². The molecule has 5 rings (SSSR count). The maximum Gasteiger partial charge on any atom is 0.248 e. The summed E-state index contributed by atoms with van der Waals surface area (Å²) in [4.78, 5) is 17.3. The normalized spacial score (nSPS) is 14.0. The summed E-state index contributed by atoms with van der Waals surface area (Å²) < 4.78 is 13.2. The highest BCUT2D eigenvalue weighted by atomic mass is 32.1. The molecule has 0 spiro atoms. The monoisotopic (exact) mass is 446 g/mol. The minimum Gasteiger partial charge on any atom is -0.493 e. The van der Waals surface area contributed by atoms with Crippen molar-refractivity contribution >= 4 is 49.7 Å².